The lowest BCUT2D eigenvalue weighted by Gasteiger charge is -2.16. The second-order valence-electron chi connectivity index (χ2n) is 2.91. The van der Waals surface area contributed by atoms with Crippen molar-refractivity contribution < 1.29 is 17.9 Å². The van der Waals surface area contributed by atoms with E-state index < -0.39 is 12.2 Å². The second kappa shape index (κ2) is 4.56. The van der Waals surface area contributed by atoms with E-state index in [1.165, 1.54) is 25.3 Å². The molecule has 0 aliphatic heterocycles. The van der Waals surface area contributed by atoms with Crippen LogP contribution in [0.15, 0.2) is 18.2 Å². The molecule has 2 nitrogen and oxygen atoms in total. The monoisotopic (exact) mass is 331 g/mol. The molecule has 0 unspecified atom stereocenters. The third-order valence-corrected chi connectivity index (χ3v) is 2.73. The Morgan fingerprint density at radius 2 is 2.00 bits per heavy atom. The largest absolute Gasteiger partial charge is 0.496 e. The Morgan fingerprint density at radius 3 is 2.40 bits per heavy atom. The second-order valence-corrected chi connectivity index (χ2v) is 4.08. The molecule has 6 heteroatoms. The number of benzene rings is 1. The molecule has 0 amide bonds. The van der Waals surface area contributed by atoms with Crippen LogP contribution in [0.4, 0.5) is 13.2 Å². The molecule has 0 bridgehead atoms. The van der Waals surface area contributed by atoms with E-state index in [1.807, 2.05) is 22.6 Å². The predicted octanol–water partition coefficient (Wildman–Crippen LogP) is 2.86. The van der Waals surface area contributed by atoms with Crippen molar-refractivity contribution in [3.05, 3.63) is 27.3 Å². The SMILES string of the molecule is COc1ccc([C@@H](N)C(F)(F)F)cc1I. The standard InChI is InChI=1S/C9H9F3INO/c1-15-7-3-2-5(4-6(7)13)8(14)9(10,11)12/h2-4,8H,14H2,1H3/t8-/m1/s1. The smallest absolute Gasteiger partial charge is 0.407 e. The number of hydrogen-bond donors (Lipinski definition) is 1. The maximum absolute atomic E-state index is 12.3. The molecule has 1 aromatic rings. The van der Waals surface area contributed by atoms with Crippen LogP contribution in [0.2, 0.25) is 0 Å². The summed E-state index contributed by atoms with van der Waals surface area (Å²) in [6, 6.07) is 2.22. The van der Waals surface area contributed by atoms with Gasteiger partial charge in [0.05, 0.1) is 10.7 Å². The van der Waals surface area contributed by atoms with Crippen LogP contribution in [0.3, 0.4) is 0 Å². The van der Waals surface area contributed by atoms with E-state index in [2.05, 4.69) is 0 Å². The van der Waals surface area contributed by atoms with Crippen LogP contribution in [0.5, 0.6) is 5.75 Å². The van der Waals surface area contributed by atoms with Crippen molar-refractivity contribution in [1.82, 2.24) is 0 Å². The molecule has 84 valence electrons. The molecule has 0 aliphatic carbocycles. The number of methoxy groups -OCH3 is 1. The van der Waals surface area contributed by atoms with E-state index in [0.717, 1.165) is 0 Å². The van der Waals surface area contributed by atoms with Crippen molar-refractivity contribution in [3.8, 4) is 5.75 Å². The maximum atomic E-state index is 12.3. The van der Waals surface area contributed by atoms with Gasteiger partial charge in [0.2, 0.25) is 0 Å². The van der Waals surface area contributed by atoms with Gasteiger partial charge >= 0.3 is 6.18 Å². The van der Waals surface area contributed by atoms with Crippen LogP contribution < -0.4 is 10.5 Å². The van der Waals surface area contributed by atoms with Gasteiger partial charge in [0, 0.05) is 0 Å². The van der Waals surface area contributed by atoms with Crippen molar-refractivity contribution >= 4 is 22.6 Å². The molecule has 2 N–H and O–H groups in total. The van der Waals surface area contributed by atoms with Crippen molar-refractivity contribution in [2.24, 2.45) is 5.73 Å². The molecule has 0 saturated carbocycles. The zero-order valence-corrected chi connectivity index (χ0v) is 9.96. The summed E-state index contributed by atoms with van der Waals surface area (Å²) in [7, 11) is 1.46. The molecule has 1 atom stereocenters. The number of halogens is 4. The topological polar surface area (TPSA) is 35.2 Å². The van der Waals surface area contributed by atoms with E-state index in [4.69, 9.17) is 10.5 Å². The van der Waals surface area contributed by atoms with Gasteiger partial charge in [0.15, 0.2) is 0 Å². The first-order chi connectivity index (χ1) is 6.86. The van der Waals surface area contributed by atoms with Gasteiger partial charge in [-0.2, -0.15) is 13.2 Å². The molecule has 0 saturated heterocycles. The summed E-state index contributed by atoms with van der Waals surface area (Å²) in [5.74, 6) is 0.536. The fourth-order valence-electron chi connectivity index (χ4n) is 1.07. The molecule has 0 spiro atoms. The highest BCUT2D eigenvalue weighted by Crippen LogP contribution is 2.32. The van der Waals surface area contributed by atoms with Gasteiger partial charge in [-0.05, 0) is 40.3 Å². The summed E-state index contributed by atoms with van der Waals surface area (Å²) < 4.78 is 42.4. The van der Waals surface area contributed by atoms with Crippen molar-refractivity contribution in [2.45, 2.75) is 12.2 Å². The Morgan fingerprint density at radius 1 is 1.40 bits per heavy atom. The minimum Gasteiger partial charge on any atom is -0.496 e. The fourth-order valence-corrected chi connectivity index (χ4v) is 1.82. The first-order valence-electron chi connectivity index (χ1n) is 4.02. The number of rotatable bonds is 2. The zero-order valence-electron chi connectivity index (χ0n) is 7.81. The first kappa shape index (κ1) is 12.6. The Balaban J connectivity index is 3.02. The highest BCUT2D eigenvalue weighted by Gasteiger charge is 2.37. The highest BCUT2D eigenvalue weighted by atomic mass is 127. The maximum Gasteiger partial charge on any atom is 0.407 e. The molecular formula is C9H9F3INO. The Kier molecular flexibility index (Phi) is 3.82. The first-order valence-corrected chi connectivity index (χ1v) is 5.10. The molecule has 0 heterocycles. The van der Waals surface area contributed by atoms with Crippen molar-refractivity contribution in [3.63, 3.8) is 0 Å². The third-order valence-electron chi connectivity index (χ3n) is 1.89. The van der Waals surface area contributed by atoms with Gasteiger partial charge in [-0.15, -0.1) is 0 Å². The van der Waals surface area contributed by atoms with Crippen molar-refractivity contribution in [2.75, 3.05) is 7.11 Å². The van der Waals surface area contributed by atoms with E-state index in [1.54, 1.807) is 0 Å². The lowest BCUT2D eigenvalue weighted by atomic mass is 10.1. The highest BCUT2D eigenvalue weighted by molar-refractivity contribution is 14.1. The molecule has 0 fully saturated rings. The quantitative estimate of drug-likeness (QED) is 0.846. The molecular weight excluding hydrogens is 322 g/mol. The summed E-state index contributed by atoms with van der Waals surface area (Å²) in [6.45, 7) is 0. The minimum atomic E-state index is -4.42. The summed E-state index contributed by atoms with van der Waals surface area (Å²) >= 11 is 1.90. The normalized spacial score (nSPS) is 13.7. The fraction of sp³-hybridized carbons (Fsp3) is 0.333. The van der Waals surface area contributed by atoms with Crippen LogP contribution in [0, 0.1) is 3.57 Å². The van der Waals surface area contributed by atoms with Gasteiger partial charge < -0.3 is 10.5 Å². The molecule has 0 radical (unpaired) electrons. The third kappa shape index (κ3) is 2.97. The number of ether oxygens (including phenoxy) is 1. The van der Waals surface area contributed by atoms with E-state index in [0.29, 0.717) is 9.32 Å². The Labute approximate surface area is 98.7 Å². The summed E-state index contributed by atoms with van der Waals surface area (Å²) in [6.07, 6.45) is -4.42. The molecule has 0 aromatic heterocycles. The van der Waals surface area contributed by atoms with Crippen LogP contribution in [0.25, 0.3) is 0 Å². The molecule has 0 aliphatic rings. The van der Waals surface area contributed by atoms with E-state index in [-0.39, 0.29) is 5.56 Å². The Hall–Kier alpha value is -0.500. The minimum absolute atomic E-state index is 0.0349. The van der Waals surface area contributed by atoms with E-state index in [9.17, 15) is 13.2 Å². The summed E-state index contributed by atoms with van der Waals surface area (Å²) in [5, 5.41) is 0. The van der Waals surface area contributed by atoms with Crippen LogP contribution in [-0.2, 0) is 0 Å². The number of hydrogen-bond acceptors (Lipinski definition) is 2. The van der Waals surface area contributed by atoms with Gasteiger partial charge in [0.25, 0.3) is 0 Å². The molecule has 15 heavy (non-hydrogen) atoms. The predicted molar refractivity (Wildman–Crippen MR) is 58.7 cm³/mol. The zero-order chi connectivity index (χ0) is 11.6. The van der Waals surface area contributed by atoms with Gasteiger partial charge in [-0.25, -0.2) is 0 Å². The lowest BCUT2D eigenvalue weighted by Crippen LogP contribution is -2.28. The van der Waals surface area contributed by atoms with Gasteiger partial charge in [0.1, 0.15) is 11.8 Å². The summed E-state index contributed by atoms with van der Waals surface area (Å²) in [5.41, 5.74) is 5.10. The average Bonchev–Trinajstić information content (AvgIpc) is 2.15. The van der Waals surface area contributed by atoms with Crippen LogP contribution in [-0.4, -0.2) is 13.3 Å². The number of alkyl halides is 3. The molecule has 1 aromatic carbocycles. The van der Waals surface area contributed by atoms with E-state index >= 15 is 0 Å². The Bertz CT molecular complexity index is 354. The lowest BCUT2D eigenvalue weighted by molar-refractivity contribution is -0.149. The van der Waals surface area contributed by atoms with Crippen LogP contribution >= 0.6 is 22.6 Å². The molecule has 1 rings (SSSR count). The average molecular weight is 331 g/mol. The number of nitrogens with two attached hydrogens (primary N) is 1. The van der Waals surface area contributed by atoms with Gasteiger partial charge in [-0.1, -0.05) is 6.07 Å². The van der Waals surface area contributed by atoms with Crippen molar-refractivity contribution in [1.29, 1.82) is 0 Å². The summed E-state index contributed by atoms with van der Waals surface area (Å²) in [4.78, 5) is 0. The van der Waals surface area contributed by atoms with Crippen LogP contribution in [0.1, 0.15) is 11.6 Å². The van der Waals surface area contributed by atoms with Gasteiger partial charge in [-0.3, -0.25) is 0 Å².